The van der Waals surface area contributed by atoms with Gasteiger partial charge in [-0.15, -0.1) is 0 Å². The molecule has 0 spiro atoms. The topological polar surface area (TPSA) is 0 Å². The highest BCUT2D eigenvalue weighted by Crippen LogP contribution is 2.78. The predicted molar refractivity (Wildman–Crippen MR) is 49.5 cm³/mol. The van der Waals surface area contributed by atoms with Crippen molar-refractivity contribution in [3.8, 4) is 0 Å². The summed E-state index contributed by atoms with van der Waals surface area (Å²) in [5, 5.41) is 0. The lowest BCUT2D eigenvalue weighted by molar-refractivity contribution is -0.538. The third kappa shape index (κ3) is 2.22. The van der Waals surface area contributed by atoms with Crippen LogP contribution in [0.25, 0.3) is 0 Å². The molecule has 0 heterocycles. The average molecular weight is 500 g/mol. The van der Waals surface area contributed by atoms with Gasteiger partial charge < -0.3 is 0 Å². The summed E-state index contributed by atoms with van der Waals surface area (Å²) in [6.07, 6.45) is -34.8. The van der Waals surface area contributed by atoms with Crippen LogP contribution in [0.4, 0.5) is 87.8 Å². The molecule has 20 heteroatoms. The Bertz CT molecular complexity index is 630. The first-order chi connectivity index (χ1) is 12.5. The molecule has 0 nitrogen and oxygen atoms in total. The lowest BCUT2D eigenvalue weighted by atomic mass is 9.54. The Morgan fingerprint density at radius 2 is 0.400 bits per heavy atom. The molecule has 0 radical (unpaired) electrons. The van der Waals surface area contributed by atoms with Gasteiger partial charge in [0.05, 0.1) is 0 Å². The molecule has 0 amide bonds. The van der Waals surface area contributed by atoms with Gasteiger partial charge >= 0.3 is 59.2 Å². The van der Waals surface area contributed by atoms with Crippen LogP contribution in [0.5, 0.6) is 0 Å². The molecule has 1 fully saturated rings. The first-order valence-corrected chi connectivity index (χ1v) is 6.28. The lowest BCUT2D eigenvalue weighted by Crippen LogP contribution is -2.96. The van der Waals surface area contributed by atoms with Crippen LogP contribution in [0.1, 0.15) is 0 Å². The number of hydrogen-bond donors (Lipinski definition) is 0. The first-order valence-electron chi connectivity index (χ1n) is 6.28. The van der Waals surface area contributed by atoms with E-state index in [1.807, 2.05) is 0 Å². The molecule has 1 aliphatic carbocycles. The van der Waals surface area contributed by atoms with Crippen molar-refractivity contribution < 1.29 is 87.8 Å². The summed E-state index contributed by atoms with van der Waals surface area (Å²) in [4.78, 5) is 0. The van der Waals surface area contributed by atoms with Crippen molar-refractivity contribution in [3.05, 3.63) is 0 Å². The third-order valence-corrected chi connectivity index (χ3v) is 4.25. The fraction of sp³-hybridized carbons (Fsp3) is 1.00. The summed E-state index contributed by atoms with van der Waals surface area (Å²) in [7, 11) is 0. The van der Waals surface area contributed by atoms with Gasteiger partial charge in [0.25, 0.3) is 0 Å². The second-order valence-corrected chi connectivity index (χ2v) is 5.77. The van der Waals surface area contributed by atoms with Crippen LogP contribution in [-0.4, -0.2) is 59.2 Å². The summed E-state index contributed by atoms with van der Waals surface area (Å²) in [5.41, 5.74) is -36.9. The van der Waals surface area contributed by atoms with Crippen molar-refractivity contribution in [1.82, 2.24) is 0 Å². The third-order valence-electron chi connectivity index (χ3n) is 4.25. The highest BCUT2D eigenvalue weighted by Gasteiger charge is 3.13. The number of hydrogen-bond acceptors (Lipinski definition) is 0. The maximum Gasteiger partial charge on any atom is 0.432 e. The standard InChI is InChI=1S/C10F20/c11-1(7(19,20)21)2(12,8(22,23)24)4(14,10(28,29)30)6(17,18)5(15,16)3(1,13)9(25,26)27/t1-,2-,3-,4+/m0/s1. The van der Waals surface area contributed by atoms with Crippen molar-refractivity contribution in [3.63, 3.8) is 0 Å². The van der Waals surface area contributed by atoms with Gasteiger partial charge in [-0.1, -0.05) is 0 Å². The maximum atomic E-state index is 14.2. The molecule has 30 heavy (non-hydrogen) atoms. The molecule has 1 saturated carbocycles. The molecule has 1 aliphatic rings. The van der Waals surface area contributed by atoms with Gasteiger partial charge in [0.15, 0.2) is 0 Å². The van der Waals surface area contributed by atoms with E-state index in [9.17, 15) is 87.8 Å². The van der Waals surface area contributed by atoms with E-state index in [1.54, 1.807) is 0 Å². The van der Waals surface area contributed by atoms with E-state index in [1.165, 1.54) is 0 Å². The number of alkyl halides is 20. The van der Waals surface area contributed by atoms with E-state index in [4.69, 9.17) is 0 Å². The Kier molecular flexibility index (Phi) is 5.05. The highest BCUT2D eigenvalue weighted by atomic mass is 19.4. The average Bonchev–Trinajstić information content (AvgIpc) is 2.45. The molecule has 0 aromatic carbocycles. The Balaban J connectivity index is 4.65. The Hall–Kier alpha value is -1.40. The van der Waals surface area contributed by atoms with E-state index >= 15 is 0 Å². The van der Waals surface area contributed by atoms with Crippen LogP contribution >= 0.6 is 0 Å². The van der Waals surface area contributed by atoms with Crippen molar-refractivity contribution in [2.24, 2.45) is 0 Å². The number of rotatable bonds is 0. The summed E-state index contributed by atoms with van der Waals surface area (Å²) in [6.45, 7) is 0. The SMILES string of the molecule is FC(F)(F)[C@@]1(F)C(F)(F)C(F)(F)[C@@](F)(C(F)(F)F)[C@](F)(C(F)(F)F)[C@@]1(F)C(F)(F)F. The summed E-state index contributed by atoms with van der Waals surface area (Å²) in [6, 6.07) is 0. The van der Waals surface area contributed by atoms with Crippen LogP contribution < -0.4 is 0 Å². The van der Waals surface area contributed by atoms with E-state index in [0.29, 0.717) is 0 Å². The zero-order valence-electron chi connectivity index (χ0n) is 12.6. The van der Waals surface area contributed by atoms with Gasteiger partial charge in [0.2, 0.25) is 0 Å². The van der Waals surface area contributed by atoms with E-state index in [0.717, 1.165) is 0 Å². The maximum absolute atomic E-state index is 14.2. The van der Waals surface area contributed by atoms with Gasteiger partial charge in [-0.25, -0.2) is 17.6 Å². The Morgan fingerprint density at radius 3 is 0.500 bits per heavy atom. The van der Waals surface area contributed by atoms with Crippen molar-refractivity contribution in [2.45, 2.75) is 59.2 Å². The normalized spacial score (nSPS) is 40.4. The highest BCUT2D eigenvalue weighted by molar-refractivity contribution is 5.41. The molecule has 0 aromatic rings. The largest absolute Gasteiger partial charge is 0.432 e. The number of halogens is 20. The fourth-order valence-electron chi connectivity index (χ4n) is 2.87. The predicted octanol–water partition coefficient (Wildman–Crippen LogP) is 6.35. The minimum absolute atomic E-state index is 8.61. The summed E-state index contributed by atoms with van der Waals surface area (Å²) in [5.74, 6) is -17.9. The first kappa shape index (κ1) is 26.6. The lowest BCUT2D eigenvalue weighted by Gasteiger charge is -2.60. The second kappa shape index (κ2) is 5.69. The van der Waals surface area contributed by atoms with Crippen LogP contribution in [-0.2, 0) is 0 Å². The zero-order valence-corrected chi connectivity index (χ0v) is 12.6. The van der Waals surface area contributed by atoms with Gasteiger partial charge in [-0.2, -0.15) is 70.2 Å². The Labute approximate surface area is 148 Å². The molecule has 180 valence electrons. The minimum atomic E-state index is -9.33. The van der Waals surface area contributed by atoms with E-state index in [-0.39, 0.29) is 0 Å². The minimum Gasteiger partial charge on any atom is -0.225 e. The van der Waals surface area contributed by atoms with Crippen molar-refractivity contribution in [1.29, 1.82) is 0 Å². The molecule has 0 aliphatic heterocycles. The van der Waals surface area contributed by atoms with Gasteiger partial charge in [0, 0.05) is 0 Å². The van der Waals surface area contributed by atoms with Gasteiger partial charge in [-0.3, -0.25) is 0 Å². The van der Waals surface area contributed by atoms with Crippen molar-refractivity contribution >= 4 is 0 Å². The van der Waals surface area contributed by atoms with Gasteiger partial charge in [-0.05, 0) is 0 Å². The van der Waals surface area contributed by atoms with E-state index < -0.39 is 59.2 Å². The van der Waals surface area contributed by atoms with Crippen LogP contribution in [0.3, 0.4) is 0 Å². The monoisotopic (exact) mass is 500 g/mol. The molecule has 4 atom stereocenters. The smallest absolute Gasteiger partial charge is 0.225 e. The molecule has 0 N–H and O–H groups in total. The summed E-state index contributed by atoms with van der Waals surface area (Å²) < 4.78 is 262. The van der Waals surface area contributed by atoms with Crippen LogP contribution in [0, 0.1) is 0 Å². The molecule has 1 rings (SSSR count). The quantitative estimate of drug-likeness (QED) is 0.340. The zero-order chi connectivity index (χ0) is 25.0. The fourth-order valence-corrected chi connectivity index (χ4v) is 2.87. The molecular weight excluding hydrogens is 500 g/mol. The molecule has 0 bridgehead atoms. The van der Waals surface area contributed by atoms with Crippen LogP contribution in [0.2, 0.25) is 0 Å². The second-order valence-electron chi connectivity index (χ2n) is 5.77. The molecule has 0 saturated heterocycles. The van der Waals surface area contributed by atoms with Gasteiger partial charge in [0.1, 0.15) is 0 Å². The van der Waals surface area contributed by atoms with Crippen LogP contribution in [0.15, 0.2) is 0 Å². The van der Waals surface area contributed by atoms with E-state index in [2.05, 4.69) is 0 Å². The Morgan fingerprint density at radius 1 is 0.267 bits per heavy atom. The molecular formula is C10F20. The molecule has 0 unspecified atom stereocenters. The van der Waals surface area contributed by atoms with Crippen molar-refractivity contribution in [2.75, 3.05) is 0 Å². The molecule has 0 aromatic heterocycles. The summed E-state index contributed by atoms with van der Waals surface area (Å²) >= 11 is 0.